The zero-order valence-electron chi connectivity index (χ0n) is 15.4. The van der Waals surface area contributed by atoms with Crippen molar-refractivity contribution in [2.24, 2.45) is 0 Å². The van der Waals surface area contributed by atoms with E-state index in [2.05, 4.69) is 20.8 Å². The van der Waals surface area contributed by atoms with Crippen LogP contribution >= 0.6 is 0 Å². The fraction of sp³-hybridized carbons (Fsp3) is 0.318. The van der Waals surface area contributed by atoms with Crippen LogP contribution in [0.3, 0.4) is 0 Å². The van der Waals surface area contributed by atoms with E-state index in [9.17, 15) is 9.90 Å². The van der Waals surface area contributed by atoms with Gasteiger partial charge in [-0.25, -0.2) is 4.79 Å². The third-order valence-corrected chi connectivity index (χ3v) is 4.05. The molecule has 0 atom stereocenters. The summed E-state index contributed by atoms with van der Waals surface area (Å²) in [5, 5.41) is 9.24. The number of rotatable bonds is 6. The predicted molar refractivity (Wildman–Crippen MR) is 102 cm³/mol. The van der Waals surface area contributed by atoms with Crippen LogP contribution in [-0.4, -0.2) is 11.1 Å². The number of benzene rings is 2. The molecule has 2 aromatic carbocycles. The monoisotopic (exact) mass is 338 g/mol. The second-order valence-electron chi connectivity index (χ2n) is 7.11. The lowest BCUT2D eigenvalue weighted by atomic mass is 9.85. The molecule has 0 heterocycles. The molecule has 3 nitrogen and oxygen atoms in total. The average molecular weight is 338 g/mol. The second kappa shape index (κ2) is 8.02. The molecule has 0 aliphatic carbocycles. The highest BCUT2D eigenvalue weighted by Gasteiger charge is 2.20. The lowest BCUT2D eigenvalue weighted by Gasteiger charge is -2.23. The van der Waals surface area contributed by atoms with Crippen LogP contribution in [0.2, 0.25) is 0 Å². The van der Waals surface area contributed by atoms with E-state index in [4.69, 9.17) is 4.74 Å². The lowest BCUT2D eigenvalue weighted by Crippen LogP contribution is -2.14. The Hall–Kier alpha value is -2.55. The van der Waals surface area contributed by atoms with E-state index in [1.165, 1.54) is 0 Å². The number of carboxylic acid groups (broad SMARTS) is 1. The highest BCUT2D eigenvalue weighted by atomic mass is 16.5. The summed E-state index contributed by atoms with van der Waals surface area (Å²) in [6, 6.07) is 15.9. The van der Waals surface area contributed by atoms with Crippen molar-refractivity contribution < 1.29 is 14.6 Å². The molecule has 0 aliphatic heterocycles. The molecule has 0 unspecified atom stereocenters. The molecule has 1 N–H and O–H groups in total. The molecule has 3 heteroatoms. The minimum absolute atomic E-state index is 0.106. The summed E-state index contributed by atoms with van der Waals surface area (Å²) in [6.07, 6.45) is 2.23. The van der Waals surface area contributed by atoms with Crippen LogP contribution in [0.5, 0.6) is 5.75 Å². The topological polar surface area (TPSA) is 46.5 Å². The Kier molecular flexibility index (Phi) is 6.02. The van der Waals surface area contributed by atoms with Crippen molar-refractivity contribution in [2.75, 3.05) is 0 Å². The maximum absolute atomic E-state index is 11.3. The van der Waals surface area contributed by atoms with Crippen LogP contribution in [0.4, 0.5) is 0 Å². The molecule has 0 aromatic heterocycles. The van der Waals surface area contributed by atoms with Gasteiger partial charge in [0.15, 0.2) is 0 Å². The maximum atomic E-state index is 11.3. The van der Waals surface area contributed by atoms with Crippen molar-refractivity contribution in [1.82, 2.24) is 0 Å². The number of hydrogen-bond acceptors (Lipinski definition) is 2. The van der Waals surface area contributed by atoms with Gasteiger partial charge < -0.3 is 9.84 Å². The quantitative estimate of drug-likeness (QED) is 0.713. The minimum atomic E-state index is -0.871. The van der Waals surface area contributed by atoms with Crippen LogP contribution in [0.15, 0.2) is 54.1 Å². The van der Waals surface area contributed by atoms with Gasteiger partial charge in [0.2, 0.25) is 0 Å². The Bertz CT molecular complexity index is 753. The summed E-state index contributed by atoms with van der Waals surface area (Å²) in [5.74, 6) is -0.0360. The molecule has 0 radical (unpaired) electrons. The van der Waals surface area contributed by atoms with Gasteiger partial charge >= 0.3 is 5.97 Å². The summed E-state index contributed by atoms with van der Waals surface area (Å²) in [7, 11) is 0. The van der Waals surface area contributed by atoms with Gasteiger partial charge in [0.1, 0.15) is 12.4 Å². The summed E-state index contributed by atoms with van der Waals surface area (Å²) >= 11 is 0. The molecule has 0 fully saturated rings. The zero-order chi connectivity index (χ0) is 18.4. The number of hydrogen-bond donors (Lipinski definition) is 1. The van der Waals surface area contributed by atoms with E-state index in [1.54, 1.807) is 6.08 Å². The summed E-state index contributed by atoms with van der Waals surface area (Å²) in [4.78, 5) is 11.3. The highest BCUT2D eigenvalue weighted by Crippen LogP contribution is 2.33. The third kappa shape index (κ3) is 5.21. The number of carboxylic acids is 1. The Morgan fingerprint density at radius 2 is 1.80 bits per heavy atom. The predicted octanol–water partition coefficient (Wildman–Crippen LogP) is 5.44. The third-order valence-electron chi connectivity index (χ3n) is 4.05. The van der Waals surface area contributed by atoms with E-state index in [0.29, 0.717) is 18.6 Å². The van der Waals surface area contributed by atoms with Crippen LogP contribution in [0.1, 0.15) is 50.8 Å². The Morgan fingerprint density at radius 1 is 1.12 bits per heavy atom. The molecule has 0 amide bonds. The van der Waals surface area contributed by atoms with E-state index < -0.39 is 5.97 Å². The zero-order valence-corrected chi connectivity index (χ0v) is 15.4. The van der Waals surface area contributed by atoms with Gasteiger partial charge in [0.25, 0.3) is 0 Å². The molecule has 0 saturated heterocycles. The highest BCUT2D eigenvalue weighted by molar-refractivity contribution is 5.92. The standard InChI is InChI=1S/C22H26O3/c1-5-18(21(23)24)13-17-11-12-20(19(14-17)22(2,3)4)25-15-16-9-7-6-8-10-16/h6-14H,5,15H2,1-4H3,(H,23,24)/b18-13-. The fourth-order valence-corrected chi connectivity index (χ4v) is 2.60. The van der Waals surface area contributed by atoms with Crippen LogP contribution < -0.4 is 4.74 Å². The molecule has 132 valence electrons. The Balaban J connectivity index is 2.33. The van der Waals surface area contributed by atoms with Crippen LogP contribution in [-0.2, 0) is 16.8 Å². The smallest absolute Gasteiger partial charge is 0.331 e. The van der Waals surface area contributed by atoms with Gasteiger partial charge in [-0.05, 0) is 41.2 Å². The molecular formula is C22H26O3. The molecule has 25 heavy (non-hydrogen) atoms. The number of carbonyl (C=O) groups is 1. The first-order chi connectivity index (χ1) is 11.8. The SMILES string of the molecule is CC/C(=C/c1ccc(OCc2ccccc2)c(C(C)(C)C)c1)C(=O)O. The molecule has 2 rings (SSSR count). The van der Waals surface area contributed by atoms with Gasteiger partial charge in [-0.15, -0.1) is 0 Å². The van der Waals surface area contributed by atoms with Crippen molar-refractivity contribution in [1.29, 1.82) is 0 Å². The van der Waals surface area contributed by atoms with Crippen molar-refractivity contribution >= 4 is 12.0 Å². The van der Waals surface area contributed by atoms with Crippen molar-refractivity contribution in [3.8, 4) is 5.75 Å². The summed E-state index contributed by atoms with van der Waals surface area (Å²) in [6.45, 7) is 8.74. The van der Waals surface area contributed by atoms with E-state index >= 15 is 0 Å². The molecule has 0 spiro atoms. The summed E-state index contributed by atoms with van der Waals surface area (Å²) < 4.78 is 6.05. The molecule has 0 bridgehead atoms. The molecule has 0 saturated carbocycles. The summed E-state index contributed by atoms with van der Waals surface area (Å²) in [5.41, 5.74) is 3.36. The first-order valence-corrected chi connectivity index (χ1v) is 8.56. The van der Waals surface area contributed by atoms with Gasteiger partial charge in [0, 0.05) is 11.1 Å². The average Bonchev–Trinajstić information content (AvgIpc) is 2.58. The Labute approximate surface area is 150 Å². The van der Waals surface area contributed by atoms with Crippen LogP contribution in [0.25, 0.3) is 6.08 Å². The van der Waals surface area contributed by atoms with E-state index in [1.807, 2.05) is 55.5 Å². The normalized spacial score (nSPS) is 12.1. The van der Waals surface area contributed by atoms with Gasteiger partial charge in [-0.2, -0.15) is 0 Å². The van der Waals surface area contributed by atoms with E-state index in [0.717, 1.165) is 22.4 Å². The first kappa shape index (κ1) is 18.8. The second-order valence-corrected chi connectivity index (χ2v) is 7.11. The maximum Gasteiger partial charge on any atom is 0.331 e. The van der Waals surface area contributed by atoms with Crippen molar-refractivity contribution in [3.63, 3.8) is 0 Å². The van der Waals surface area contributed by atoms with Gasteiger partial charge in [0.05, 0.1) is 0 Å². The largest absolute Gasteiger partial charge is 0.489 e. The van der Waals surface area contributed by atoms with E-state index in [-0.39, 0.29) is 5.41 Å². The molecule has 0 aliphatic rings. The van der Waals surface area contributed by atoms with Crippen molar-refractivity contribution in [3.05, 3.63) is 70.8 Å². The van der Waals surface area contributed by atoms with Gasteiger partial charge in [-0.3, -0.25) is 0 Å². The Morgan fingerprint density at radius 3 is 2.36 bits per heavy atom. The van der Waals surface area contributed by atoms with Gasteiger partial charge in [-0.1, -0.05) is 64.1 Å². The minimum Gasteiger partial charge on any atom is -0.489 e. The number of ether oxygens (including phenoxy) is 1. The fourth-order valence-electron chi connectivity index (χ4n) is 2.60. The number of aliphatic carboxylic acids is 1. The lowest BCUT2D eigenvalue weighted by molar-refractivity contribution is -0.132. The molecule has 2 aromatic rings. The first-order valence-electron chi connectivity index (χ1n) is 8.56. The van der Waals surface area contributed by atoms with Crippen molar-refractivity contribution in [2.45, 2.75) is 46.1 Å². The molecular weight excluding hydrogens is 312 g/mol. The van der Waals surface area contributed by atoms with Crippen LogP contribution in [0, 0.1) is 0 Å².